The van der Waals surface area contributed by atoms with Gasteiger partial charge in [0, 0.05) is 28.0 Å². The number of aromatic nitrogens is 2. The molecule has 0 saturated carbocycles. The number of hydrogen-bond donors (Lipinski definition) is 2. The van der Waals surface area contributed by atoms with Crippen molar-refractivity contribution in [2.24, 2.45) is 0 Å². The molecule has 1 atom stereocenters. The maximum atomic E-state index is 11.4. The van der Waals surface area contributed by atoms with E-state index in [4.69, 9.17) is 4.74 Å². The third-order valence-electron chi connectivity index (χ3n) is 3.37. The predicted octanol–water partition coefficient (Wildman–Crippen LogP) is 2.50. The van der Waals surface area contributed by atoms with Gasteiger partial charge in [-0.2, -0.15) is 0 Å². The van der Waals surface area contributed by atoms with E-state index in [1.165, 1.54) is 18.4 Å². The quantitative estimate of drug-likeness (QED) is 0.722. The van der Waals surface area contributed by atoms with Crippen molar-refractivity contribution < 1.29 is 19.4 Å². The molecule has 0 radical (unpaired) electrons. The van der Waals surface area contributed by atoms with Gasteiger partial charge in [-0.05, 0) is 18.2 Å². The van der Waals surface area contributed by atoms with Gasteiger partial charge in [-0.15, -0.1) is 11.3 Å². The molecule has 0 aliphatic heterocycles. The van der Waals surface area contributed by atoms with Gasteiger partial charge in [-0.25, -0.2) is 9.78 Å². The number of nitrogens with one attached hydrogen (secondary N) is 1. The minimum absolute atomic E-state index is 0.193. The molecule has 0 aliphatic rings. The second kappa shape index (κ2) is 5.78. The van der Waals surface area contributed by atoms with Crippen LogP contribution in [0.5, 0.6) is 5.75 Å². The van der Waals surface area contributed by atoms with Gasteiger partial charge in [0.25, 0.3) is 0 Å². The van der Waals surface area contributed by atoms with E-state index in [1.54, 1.807) is 18.7 Å². The van der Waals surface area contributed by atoms with Crippen LogP contribution in [-0.4, -0.2) is 35.3 Å². The Kier molecular flexibility index (Phi) is 3.82. The summed E-state index contributed by atoms with van der Waals surface area (Å²) in [6, 6.07) is 5.57. The zero-order valence-corrected chi connectivity index (χ0v) is 12.8. The Morgan fingerprint density at radius 2 is 2.23 bits per heavy atom. The summed E-state index contributed by atoms with van der Waals surface area (Å²) >= 11 is 1.21. The monoisotopic (exact) mass is 318 g/mol. The summed E-state index contributed by atoms with van der Waals surface area (Å²) in [6.07, 6.45) is 0.804. The molecule has 6 nitrogen and oxygen atoms in total. The maximum absolute atomic E-state index is 11.4. The van der Waals surface area contributed by atoms with E-state index in [1.807, 2.05) is 18.2 Å². The average molecular weight is 318 g/mol. The Morgan fingerprint density at radius 1 is 1.41 bits per heavy atom. The van der Waals surface area contributed by atoms with Gasteiger partial charge >= 0.3 is 5.97 Å². The number of aliphatic hydroxyl groups is 1. The minimum atomic E-state index is -0.927. The lowest BCUT2D eigenvalue weighted by Gasteiger charge is -2.07. The van der Waals surface area contributed by atoms with Crippen LogP contribution in [0.1, 0.15) is 27.2 Å². The fraction of sp³-hybridized carbons (Fsp3) is 0.200. The van der Waals surface area contributed by atoms with Crippen molar-refractivity contribution in [3.05, 3.63) is 46.0 Å². The first-order valence-corrected chi connectivity index (χ1v) is 7.39. The molecule has 0 bridgehead atoms. The van der Waals surface area contributed by atoms with Crippen molar-refractivity contribution in [1.82, 2.24) is 9.97 Å². The highest BCUT2D eigenvalue weighted by molar-refractivity contribution is 7.09. The second-order valence-corrected chi connectivity index (χ2v) is 5.51. The highest BCUT2D eigenvalue weighted by Crippen LogP contribution is 2.32. The Bertz CT molecular complexity index is 824. The summed E-state index contributed by atoms with van der Waals surface area (Å²) in [5.74, 6) is 0.185. The summed E-state index contributed by atoms with van der Waals surface area (Å²) in [5, 5.41) is 13.4. The van der Waals surface area contributed by atoms with Crippen molar-refractivity contribution in [3.8, 4) is 5.75 Å². The normalized spacial score (nSPS) is 12.3. The molecule has 2 heterocycles. The van der Waals surface area contributed by atoms with E-state index < -0.39 is 12.1 Å². The standard InChI is InChI=1S/C15H14N2O4S/c1-20-8-3-4-11-9(5-8)10(6-16-11)13(18)14-17-12(7-22-14)15(19)21-2/h3-7,13,16,18H,1-2H3. The molecule has 3 aromatic rings. The van der Waals surface area contributed by atoms with Gasteiger partial charge in [-0.3, -0.25) is 0 Å². The number of aliphatic hydroxyl groups excluding tert-OH is 1. The number of rotatable bonds is 4. The average Bonchev–Trinajstić information content (AvgIpc) is 3.19. The van der Waals surface area contributed by atoms with E-state index in [2.05, 4.69) is 14.7 Å². The van der Waals surface area contributed by atoms with Crippen molar-refractivity contribution >= 4 is 28.2 Å². The minimum Gasteiger partial charge on any atom is -0.497 e. The number of hydrogen-bond acceptors (Lipinski definition) is 6. The molecule has 0 spiro atoms. The van der Waals surface area contributed by atoms with Crippen LogP contribution in [0.15, 0.2) is 29.8 Å². The van der Waals surface area contributed by atoms with Gasteiger partial charge in [0.1, 0.15) is 16.9 Å². The fourth-order valence-corrected chi connectivity index (χ4v) is 3.01. The van der Waals surface area contributed by atoms with Crippen LogP contribution in [0.2, 0.25) is 0 Å². The molecular weight excluding hydrogens is 304 g/mol. The number of esters is 1. The summed E-state index contributed by atoms with van der Waals surface area (Å²) in [5.41, 5.74) is 1.76. The van der Waals surface area contributed by atoms with Gasteiger partial charge in [0.05, 0.1) is 14.2 Å². The molecule has 1 unspecified atom stereocenters. The molecular formula is C15H14N2O4S. The number of carbonyl (C=O) groups excluding carboxylic acids is 1. The van der Waals surface area contributed by atoms with Crippen LogP contribution in [0.4, 0.5) is 0 Å². The molecule has 114 valence electrons. The Morgan fingerprint density at radius 3 is 2.95 bits per heavy atom. The number of H-pyrrole nitrogens is 1. The molecule has 22 heavy (non-hydrogen) atoms. The third-order valence-corrected chi connectivity index (χ3v) is 4.26. The first-order chi connectivity index (χ1) is 10.6. The van der Waals surface area contributed by atoms with Crippen LogP contribution in [0.25, 0.3) is 10.9 Å². The smallest absolute Gasteiger partial charge is 0.357 e. The van der Waals surface area contributed by atoms with Crippen LogP contribution < -0.4 is 4.74 Å². The predicted molar refractivity (Wildman–Crippen MR) is 82.4 cm³/mol. The van der Waals surface area contributed by atoms with Crippen LogP contribution in [0, 0.1) is 0 Å². The zero-order chi connectivity index (χ0) is 15.7. The number of methoxy groups -OCH3 is 2. The lowest BCUT2D eigenvalue weighted by molar-refractivity contribution is 0.0594. The highest BCUT2D eigenvalue weighted by Gasteiger charge is 2.21. The number of benzene rings is 1. The summed E-state index contributed by atoms with van der Waals surface area (Å²) in [6.45, 7) is 0. The lowest BCUT2D eigenvalue weighted by Crippen LogP contribution is -2.03. The van der Waals surface area contributed by atoms with Crippen molar-refractivity contribution in [2.75, 3.05) is 14.2 Å². The highest BCUT2D eigenvalue weighted by atomic mass is 32.1. The molecule has 1 aromatic carbocycles. The van der Waals surface area contributed by atoms with Gasteiger partial charge in [0.2, 0.25) is 0 Å². The van der Waals surface area contributed by atoms with E-state index in [0.717, 1.165) is 10.9 Å². The number of aromatic amines is 1. The first kappa shape index (κ1) is 14.6. The van der Waals surface area contributed by atoms with E-state index in [0.29, 0.717) is 16.3 Å². The fourth-order valence-electron chi connectivity index (χ4n) is 2.22. The molecule has 2 N–H and O–H groups in total. The van der Waals surface area contributed by atoms with E-state index in [9.17, 15) is 9.90 Å². The molecule has 2 aromatic heterocycles. The lowest BCUT2D eigenvalue weighted by atomic mass is 10.1. The topological polar surface area (TPSA) is 84.4 Å². The Hall–Kier alpha value is -2.38. The molecule has 0 fully saturated rings. The van der Waals surface area contributed by atoms with E-state index in [-0.39, 0.29) is 5.69 Å². The molecule has 0 aliphatic carbocycles. The van der Waals surface area contributed by atoms with Gasteiger partial charge < -0.3 is 19.6 Å². The third kappa shape index (κ3) is 2.44. The van der Waals surface area contributed by atoms with Crippen molar-refractivity contribution in [1.29, 1.82) is 0 Å². The van der Waals surface area contributed by atoms with Crippen molar-refractivity contribution in [2.45, 2.75) is 6.10 Å². The number of fused-ring (bicyclic) bond motifs is 1. The van der Waals surface area contributed by atoms with Crippen LogP contribution in [-0.2, 0) is 4.74 Å². The Balaban J connectivity index is 1.99. The number of ether oxygens (including phenoxy) is 2. The number of nitrogens with zero attached hydrogens (tertiary/aromatic N) is 1. The van der Waals surface area contributed by atoms with Gasteiger partial charge in [0.15, 0.2) is 5.69 Å². The van der Waals surface area contributed by atoms with E-state index >= 15 is 0 Å². The van der Waals surface area contributed by atoms with Crippen LogP contribution in [0.3, 0.4) is 0 Å². The van der Waals surface area contributed by atoms with Gasteiger partial charge in [-0.1, -0.05) is 0 Å². The zero-order valence-electron chi connectivity index (χ0n) is 12.0. The SMILES string of the molecule is COC(=O)c1csc(C(O)c2c[nH]c3ccc(OC)cc23)n1. The first-order valence-electron chi connectivity index (χ1n) is 6.51. The van der Waals surface area contributed by atoms with Crippen LogP contribution >= 0.6 is 11.3 Å². The van der Waals surface area contributed by atoms with Crippen molar-refractivity contribution in [3.63, 3.8) is 0 Å². The Labute approximate surface area is 130 Å². The number of carbonyl (C=O) groups is 1. The summed E-state index contributed by atoms with van der Waals surface area (Å²) in [7, 11) is 2.89. The molecule has 3 rings (SSSR count). The largest absolute Gasteiger partial charge is 0.497 e. The molecule has 7 heteroatoms. The maximum Gasteiger partial charge on any atom is 0.357 e. The second-order valence-electron chi connectivity index (χ2n) is 4.62. The molecule has 0 saturated heterocycles. The molecule has 0 amide bonds. The summed E-state index contributed by atoms with van der Waals surface area (Å²) in [4.78, 5) is 18.7. The number of thiazole rings is 1. The summed E-state index contributed by atoms with van der Waals surface area (Å²) < 4.78 is 9.83.